The second kappa shape index (κ2) is 4.61. The molecule has 0 N–H and O–H groups in total. The molecule has 0 spiro atoms. The molecule has 0 aromatic carbocycles. The number of ether oxygens (including phenoxy) is 1. The van der Waals surface area contributed by atoms with Gasteiger partial charge in [0.1, 0.15) is 10.6 Å². The van der Waals surface area contributed by atoms with E-state index in [1.54, 1.807) is 0 Å². The van der Waals surface area contributed by atoms with Crippen molar-refractivity contribution in [1.82, 2.24) is 0 Å². The molecule has 0 unspecified atom stereocenters. The van der Waals surface area contributed by atoms with Crippen LogP contribution in [0, 0.1) is 5.13 Å². The van der Waals surface area contributed by atoms with Gasteiger partial charge in [-0.05, 0) is 12.2 Å². The number of carbonyl (C=O) groups is 1. The van der Waals surface area contributed by atoms with Crippen LogP contribution in [0.3, 0.4) is 0 Å². The quantitative estimate of drug-likeness (QED) is 0.461. The zero-order valence-electron chi connectivity index (χ0n) is 6.84. The Balaban J connectivity index is 3.30. The Morgan fingerprint density at radius 1 is 1.79 bits per heavy atom. The number of esters is 1. The molecule has 0 aliphatic heterocycles. The van der Waals surface area contributed by atoms with Gasteiger partial charge in [-0.2, -0.15) is 9.38 Å². The Morgan fingerprint density at radius 2 is 2.43 bits per heavy atom. The van der Waals surface area contributed by atoms with E-state index < -0.39 is 11.1 Å². The molecule has 0 amide bonds. The molecular formula is C7H3ClFNO2S2. The summed E-state index contributed by atoms with van der Waals surface area (Å²) in [5, 5.41) is 1.19. The Morgan fingerprint density at radius 3 is 2.93 bits per heavy atom. The van der Waals surface area contributed by atoms with Gasteiger partial charge in [0, 0.05) is 0 Å². The van der Waals surface area contributed by atoms with Gasteiger partial charge in [0.25, 0.3) is 0 Å². The van der Waals surface area contributed by atoms with Crippen LogP contribution in [-0.2, 0) is 4.74 Å². The zero-order valence-corrected chi connectivity index (χ0v) is 9.23. The number of halogens is 2. The molecule has 0 aliphatic rings. The highest BCUT2D eigenvalue weighted by molar-refractivity contribution is 7.78. The van der Waals surface area contributed by atoms with Crippen molar-refractivity contribution < 1.29 is 13.9 Å². The van der Waals surface area contributed by atoms with Crippen LogP contribution in [0.2, 0.25) is 5.02 Å². The second-order valence-corrected chi connectivity index (χ2v) is 3.59. The van der Waals surface area contributed by atoms with E-state index in [0.717, 1.165) is 0 Å². The monoisotopic (exact) mass is 251 g/mol. The van der Waals surface area contributed by atoms with Gasteiger partial charge in [-0.1, -0.05) is 22.9 Å². The highest BCUT2D eigenvalue weighted by Crippen LogP contribution is 2.38. The summed E-state index contributed by atoms with van der Waals surface area (Å²) in [5.41, 5.74) is -0.174. The van der Waals surface area contributed by atoms with Crippen molar-refractivity contribution in [2.45, 2.75) is 0 Å². The van der Waals surface area contributed by atoms with E-state index in [2.05, 4.69) is 21.9 Å². The van der Waals surface area contributed by atoms with Gasteiger partial charge in [-0.25, -0.2) is 4.79 Å². The van der Waals surface area contributed by atoms with Crippen molar-refractivity contribution in [2.75, 3.05) is 7.11 Å². The molecule has 7 heteroatoms. The smallest absolute Gasteiger partial charge is 0.349 e. The Hall–Kier alpha value is -0.810. The Bertz CT molecular complexity index is 426. The number of carbonyl (C=O) groups excluding carboxylic acids is 1. The first-order chi connectivity index (χ1) is 6.61. The van der Waals surface area contributed by atoms with Crippen molar-refractivity contribution in [1.29, 1.82) is 0 Å². The molecule has 1 heterocycles. The number of isothiocyanates is 1. The molecule has 1 aromatic rings. The minimum Gasteiger partial charge on any atom is -0.465 e. The van der Waals surface area contributed by atoms with Gasteiger partial charge in [0.2, 0.25) is 5.13 Å². The number of rotatable bonds is 2. The Kier molecular flexibility index (Phi) is 3.71. The van der Waals surface area contributed by atoms with E-state index >= 15 is 0 Å². The molecule has 0 atom stereocenters. The first kappa shape index (κ1) is 11.3. The zero-order chi connectivity index (χ0) is 10.7. The minimum absolute atomic E-state index is 0.0318. The van der Waals surface area contributed by atoms with Crippen LogP contribution in [-0.4, -0.2) is 18.2 Å². The van der Waals surface area contributed by atoms with Crippen LogP contribution in [0.4, 0.5) is 10.1 Å². The normalized spacial score (nSPS) is 9.36. The van der Waals surface area contributed by atoms with E-state index in [1.807, 2.05) is 5.16 Å². The lowest BCUT2D eigenvalue weighted by Crippen LogP contribution is -1.97. The van der Waals surface area contributed by atoms with Crippen molar-refractivity contribution in [3.8, 4) is 0 Å². The predicted molar refractivity (Wildman–Crippen MR) is 55.3 cm³/mol. The minimum atomic E-state index is -0.704. The topological polar surface area (TPSA) is 38.7 Å². The average molecular weight is 252 g/mol. The average Bonchev–Trinajstić information content (AvgIpc) is 2.45. The molecule has 0 saturated heterocycles. The van der Waals surface area contributed by atoms with Crippen molar-refractivity contribution >= 4 is 52.0 Å². The number of thiophene rings is 1. The van der Waals surface area contributed by atoms with Crippen LogP contribution < -0.4 is 0 Å². The number of hydrogen-bond donors (Lipinski definition) is 0. The van der Waals surface area contributed by atoms with Gasteiger partial charge in [0.05, 0.1) is 17.3 Å². The molecule has 0 bridgehead atoms. The van der Waals surface area contributed by atoms with Crippen LogP contribution in [0.25, 0.3) is 0 Å². The maximum Gasteiger partial charge on any atom is 0.349 e. The first-order valence-corrected chi connectivity index (χ1v) is 4.86. The molecule has 1 aromatic heterocycles. The number of aliphatic imine (C=N–C) groups is 1. The first-order valence-electron chi connectivity index (χ1n) is 3.25. The molecule has 0 radical (unpaired) electrons. The maximum atomic E-state index is 13.1. The summed E-state index contributed by atoms with van der Waals surface area (Å²) in [6.07, 6.45) is 0. The largest absolute Gasteiger partial charge is 0.465 e. The van der Waals surface area contributed by atoms with Gasteiger partial charge >= 0.3 is 5.97 Å². The molecule has 0 aliphatic carbocycles. The van der Waals surface area contributed by atoms with Crippen LogP contribution in [0.1, 0.15) is 9.67 Å². The molecular weight excluding hydrogens is 249 g/mol. The summed E-state index contributed by atoms with van der Waals surface area (Å²) in [7, 11) is 1.18. The van der Waals surface area contributed by atoms with E-state index in [-0.39, 0.29) is 15.6 Å². The molecule has 1 rings (SSSR count). The molecule has 0 fully saturated rings. The fourth-order valence-electron chi connectivity index (χ4n) is 0.739. The summed E-state index contributed by atoms with van der Waals surface area (Å²) in [4.78, 5) is 14.4. The summed E-state index contributed by atoms with van der Waals surface area (Å²) in [6, 6.07) is 0. The molecule has 0 saturated carbocycles. The number of nitrogens with zero attached hydrogens (tertiary/aromatic N) is 1. The standard InChI is InChI=1S/C7H3ClFNO2S2/c1-12-7(11)5-3(8)4(10-2-13)6(9)14-5/h1H3. The van der Waals surface area contributed by atoms with Crippen LogP contribution in [0.15, 0.2) is 4.99 Å². The third kappa shape index (κ3) is 1.99. The fourth-order valence-corrected chi connectivity index (χ4v) is 1.98. The fraction of sp³-hybridized carbons (Fsp3) is 0.143. The Labute approximate surface area is 93.2 Å². The number of methoxy groups -OCH3 is 1. The van der Waals surface area contributed by atoms with Crippen LogP contribution in [0.5, 0.6) is 0 Å². The summed E-state index contributed by atoms with van der Waals surface area (Å²) in [5.74, 6) is -0.704. The third-order valence-corrected chi connectivity index (χ3v) is 2.83. The summed E-state index contributed by atoms with van der Waals surface area (Å²) < 4.78 is 17.5. The van der Waals surface area contributed by atoms with Gasteiger partial charge in [-0.15, -0.1) is 0 Å². The lowest BCUT2D eigenvalue weighted by atomic mass is 10.4. The number of hydrogen-bond acceptors (Lipinski definition) is 5. The van der Waals surface area contributed by atoms with Gasteiger partial charge < -0.3 is 4.74 Å². The van der Waals surface area contributed by atoms with Crippen molar-refractivity contribution in [2.24, 2.45) is 4.99 Å². The lowest BCUT2D eigenvalue weighted by molar-refractivity contribution is 0.0606. The predicted octanol–water partition coefficient (Wildman–Crippen LogP) is 3.06. The van der Waals surface area contributed by atoms with E-state index in [4.69, 9.17) is 11.6 Å². The summed E-state index contributed by atoms with van der Waals surface area (Å²) >= 11 is 10.5. The third-order valence-electron chi connectivity index (χ3n) is 1.31. The van der Waals surface area contributed by atoms with Crippen molar-refractivity contribution in [3.63, 3.8) is 0 Å². The van der Waals surface area contributed by atoms with Gasteiger partial charge in [-0.3, -0.25) is 0 Å². The highest BCUT2D eigenvalue weighted by atomic mass is 35.5. The molecule has 74 valence electrons. The lowest BCUT2D eigenvalue weighted by Gasteiger charge is -1.93. The second-order valence-electron chi connectivity index (χ2n) is 2.06. The maximum absolute atomic E-state index is 13.1. The SMILES string of the molecule is COC(=O)c1sc(F)c(N=C=S)c1Cl. The van der Waals surface area contributed by atoms with E-state index in [0.29, 0.717) is 11.3 Å². The molecule has 14 heavy (non-hydrogen) atoms. The number of thiocarbonyl (C=S) groups is 1. The summed E-state index contributed by atoms with van der Waals surface area (Å²) in [6.45, 7) is 0. The van der Waals surface area contributed by atoms with E-state index in [1.165, 1.54) is 7.11 Å². The van der Waals surface area contributed by atoms with Crippen LogP contribution >= 0.6 is 35.2 Å². The van der Waals surface area contributed by atoms with E-state index in [9.17, 15) is 9.18 Å². The molecule has 3 nitrogen and oxygen atoms in total. The highest BCUT2D eigenvalue weighted by Gasteiger charge is 2.22. The van der Waals surface area contributed by atoms with Crippen molar-refractivity contribution in [3.05, 3.63) is 15.0 Å². The van der Waals surface area contributed by atoms with Gasteiger partial charge in [0.15, 0.2) is 0 Å².